The summed E-state index contributed by atoms with van der Waals surface area (Å²) in [6, 6.07) is 2.98. The van der Waals surface area contributed by atoms with E-state index in [-0.39, 0.29) is 12.4 Å². The van der Waals surface area contributed by atoms with Crippen molar-refractivity contribution in [1.29, 1.82) is 0 Å². The zero-order valence-corrected chi connectivity index (χ0v) is 11.9. The minimum absolute atomic E-state index is 0. The third-order valence-corrected chi connectivity index (χ3v) is 4.61. The lowest BCUT2D eigenvalue weighted by atomic mass is 10.1. The number of nitrogens with zero attached hydrogens (tertiary/aromatic N) is 1. The number of thiophene rings is 1. The van der Waals surface area contributed by atoms with Crippen LogP contribution in [0.4, 0.5) is 0 Å². The predicted octanol–water partition coefficient (Wildman–Crippen LogP) is 2.07. The third-order valence-electron chi connectivity index (χ3n) is 3.88. The van der Waals surface area contributed by atoms with Crippen LogP contribution in [-0.4, -0.2) is 36.0 Å². The first-order valence-corrected chi connectivity index (χ1v) is 7.32. The van der Waals surface area contributed by atoms with Crippen LogP contribution in [0.3, 0.4) is 0 Å². The number of nitrogens with one attached hydrogen (secondary N) is 1. The predicted molar refractivity (Wildman–Crippen MR) is 76.4 cm³/mol. The van der Waals surface area contributed by atoms with Crippen LogP contribution in [0.1, 0.15) is 24.8 Å². The quantitative estimate of drug-likeness (QED) is 0.903. The van der Waals surface area contributed by atoms with Gasteiger partial charge < -0.3 is 10.2 Å². The molecule has 2 atom stereocenters. The van der Waals surface area contributed by atoms with Gasteiger partial charge in [0.2, 0.25) is 5.91 Å². The van der Waals surface area contributed by atoms with Gasteiger partial charge in [-0.25, -0.2) is 0 Å². The van der Waals surface area contributed by atoms with Crippen molar-refractivity contribution < 1.29 is 4.79 Å². The average Bonchev–Trinajstić information content (AvgIpc) is 2.85. The van der Waals surface area contributed by atoms with Crippen molar-refractivity contribution in [3.8, 4) is 0 Å². The number of hydrogen-bond acceptors (Lipinski definition) is 3. The van der Waals surface area contributed by atoms with Gasteiger partial charge in [-0.05, 0) is 48.2 Å². The highest BCUT2D eigenvalue weighted by molar-refractivity contribution is 7.07. The fourth-order valence-electron chi connectivity index (χ4n) is 3.05. The number of carbonyl (C=O) groups excluding carboxylic acids is 1. The Bertz CT molecular complexity index is 382. The van der Waals surface area contributed by atoms with E-state index in [4.69, 9.17) is 0 Å². The maximum atomic E-state index is 12.4. The van der Waals surface area contributed by atoms with Crippen LogP contribution in [-0.2, 0) is 11.2 Å². The molecule has 0 spiro atoms. The molecule has 1 amide bonds. The molecule has 100 valence electrons. The van der Waals surface area contributed by atoms with Crippen LogP contribution in [0, 0.1) is 0 Å². The fraction of sp³-hybridized carbons (Fsp3) is 0.615. The summed E-state index contributed by atoms with van der Waals surface area (Å²) in [5, 5.41) is 7.55. The maximum absolute atomic E-state index is 12.4. The molecule has 3 rings (SSSR count). The summed E-state index contributed by atoms with van der Waals surface area (Å²) in [6.45, 7) is 2.04. The Balaban J connectivity index is 0.00000120. The molecule has 3 heterocycles. The highest BCUT2D eigenvalue weighted by Crippen LogP contribution is 2.28. The van der Waals surface area contributed by atoms with Gasteiger partial charge in [-0.3, -0.25) is 4.79 Å². The molecule has 0 saturated carbocycles. The molecule has 18 heavy (non-hydrogen) atoms. The Hall–Kier alpha value is -0.580. The molecular formula is C13H19ClN2OS. The number of hydrogen-bond donors (Lipinski definition) is 1. The first-order chi connectivity index (χ1) is 8.34. The van der Waals surface area contributed by atoms with Crippen molar-refractivity contribution in [2.24, 2.45) is 0 Å². The molecule has 0 aliphatic carbocycles. The smallest absolute Gasteiger partial charge is 0.227 e. The summed E-state index contributed by atoms with van der Waals surface area (Å²) in [4.78, 5) is 14.5. The van der Waals surface area contributed by atoms with E-state index >= 15 is 0 Å². The summed E-state index contributed by atoms with van der Waals surface area (Å²) in [7, 11) is 0. The van der Waals surface area contributed by atoms with Crippen LogP contribution in [0.25, 0.3) is 0 Å². The Kier molecular flexibility index (Phi) is 4.65. The van der Waals surface area contributed by atoms with Crippen LogP contribution < -0.4 is 5.32 Å². The monoisotopic (exact) mass is 286 g/mol. The number of rotatable bonds is 2. The van der Waals surface area contributed by atoms with Crippen molar-refractivity contribution in [3.05, 3.63) is 22.4 Å². The van der Waals surface area contributed by atoms with E-state index < -0.39 is 0 Å². The molecule has 2 aliphatic heterocycles. The van der Waals surface area contributed by atoms with Crippen molar-refractivity contribution in [1.82, 2.24) is 10.2 Å². The van der Waals surface area contributed by atoms with Gasteiger partial charge in [0.25, 0.3) is 0 Å². The van der Waals surface area contributed by atoms with Gasteiger partial charge in [0.05, 0.1) is 6.42 Å². The summed E-state index contributed by atoms with van der Waals surface area (Å²) in [5.74, 6) is 0.319. The molecular weight excluding hydrogens is 268 g/mol. The fourth-order valence-corrected chi connectivity index (χ4v) is 3.72. The second-order valence-corrected chi connectivity index (χ2v) is 5.77. The zero-order valence-electron chi connectivity index (χ0n) is 10.3. The number of carbonyl (C=O) groups is 1. The van der Waals surface area contributed by atoms with Crippen LogP contribution in [0.15, 0.2) is 16.8 Å². The van der Waals surface area contributed by atoms with Gasteiger partial charge >= 0.3 is 0 Å². The third kappa shape index (κ3) is 2.71. The van der Waals surface area contributed by atoms with Gasteiger partial charge in [-0.1, -0.05) is 0 Å². The van der Waals surface area contributed by atoms with Crippen LogP contribution in [0.5, 0.6) is 0 Å². The van der Waals surface area contributed by atoms with E-state index in [1.165, 1.54) is 12.8 Å². The minimum Gasteiger partial charge on any atom is -0.335 e. The van der Waals surface area contributed by atoms with Gasteiger partial charge in [0.15, 0.2) is 0 Å². The van der Waals surface area contributed by atoms with E-state index in [0.29, 0.717) is 24.4 Å². The number of amides is 1. The molecule has 2 unspecified atom stereocenters. The van der Waals surface area contributed by atoms with Gasteiger partial charge in [-0.15, -0.1) is 12.4 Å². The first kappa shape index (κ1) is 13.8. The summed E-state index contributed by atoms with van der Waals surface area (Å²) >= 11 is 1.67. The molecule has 2 bridgehead atoms. The van der Waals surface area contributed by atoms with Gasteiger partial charge in [0.1, 0.15) is 0 Å². The summed E-state index contributed by atoms with van der Waals surface area (Å²) in [5.41, 5.74) is 1.16. The van der Waals surface area contributed by atoms with E-state index in [2.05, 4.69) is 21.7 Å². The Morgan fingerprint density at radius 1 is 1.39 bits per heavy atom. The second kappa shape index (κ2) is 6.04. The van der Waals surface area contributed by atoms with E-state index in [1.807, 2.05) is 5.38 Å². The second-order valence-electron chi connectivity index (χ2n) is 4.99. The van der Waals surface area contributed by atoms with Gasteiger partial charge in [0, 0.05) is 18.6 Å². The topological polar surface area (TPSA) is 32.3 Å². The summed E-state index contributed by atoms with van der Waals surface area (Å²) < 4.78 is 0. The maximum Gasteiger partial charge on any atom is 0.227 e. The molecule has 1 aromatic heterocycles. The van der Waals surface area contributed by atoms with Crippen molar-refractivity contribution in [2.75, 3.05) is 13.1 Å². The molecule has 3 nitrogen and oxygen atoms in total. The average molecular weight is 287 g/mol. The molecule has 0 radical (unpaired) electrons. The normalized spacial score (nSPS) is 26.6. The van der Waals surface area contributed by atoms with Crippen molar-refractivity contribution >= 4 is 29.7 Å². The van der Waals surface area contributed by atoms with E-state index in [9.17, 15) is 4.79 Å². The lowest BCUT2D eigenvalue weighted by Crippen LogP contribution is -2.43. The molecule has 1 N–H and O–H groups in total. The largest absolute Gasteiger partial charge is 0.335 e. The Morgan fingerprint density at radius 2 is 2.22 bits per heavy atom. The highest BCUT2D eigenvalue weighted by Gasteiger charge is 2.37. The Labute approximate surface area is 118 Å². The molecule has 2 aliphatic rings. The number of halogens is 1. The highest BCUT2D eigenvalue weighted by atomic mass is 35.5. The van der Waals surface area contributed by atoms with Crippen molar-refractivity contribution in [3.63, 3.8) is 0 Å². The standard InChI is InChI=1S/C13H18N2OS.ClH/c16-13(7-10-4-6-17-9-10)15-11-1-2-12(15)8-14-5-3-11;/h4,6,9,11-12,14H,1-3,5,7-8H2;1H. The molecule has 2 fully saturated rings. The molecule has 5 heteroatoms. The van der Waals surface area contributed by atoms with Crippen molar-refractivity contribution in [2.45, 2.75) is 37.8 Å². The van der Waals surface area contributed by atoms with Crippen LogP contribution in [0.2, 0.25) is 0 Å². The Morgan fingerprint density at radius 3 is 3.00 bits per heavy atom. The first-order valence-electron chi connectivity index (χ1n) is 6.37. The SMILES string of the molecule is Cl.O=C(Cc1ccsc1)N1C2CCNCC1CC2. The molecule has 2 saturated heterocycles. The lowest BCUT2D eigenvalue weighted by Gasteiger charge is -2.27. The minimum atomic E-state index is 0. The van der Waals surface area contributed by atoms with Crippen LogP contribution >= 0.6 is 23.7 Å². The zero-order chi connectivity index (χ0) is 11.7. The summed E-state index contributed by atoms with van der Waals surface area (Å²) in [6.07, 6.45) is 4.07. The molecule has 1 aromatic rings. The van der Waals surface area contributed by atoms with Gasteiger partial charge in [-0.2, -0.15) is 11.3 Å². The van der Waals surface area contributed by atoms with E-state index in [0.717, 1.165) is 25.1 Å². The lowest BCUT2D eigenvalue weighted by molar-refractivity contribution is -0.133. The number of fused-ring (bicyclic) bond motifs is 2. The molecule has 0 aromatic carbocycles. The van der Waals surface area contributed by atoms with E-state index in [1.54, 1.807) is 11.3 Å².